The Balaban J connectivity index is 2.00. The normalized spacial score (nSPS) is 11.2. The average Bonchev–Trinajstić information content (AvgIpc) is 2.64. The first-order chi connectivity index (χ1) is 12.9. The monoisotopic (exact) mass is 360 g/mol. The lowest BCUT2D eigenvalue weighted by Gasteiger charge is -2.12. The molecule has 3 rings (SSSR count). The van der Waals surface area contributed by atoms with E-state index in [-0.39, 0.29) is 11.3 Å². The van der Waals surface area contributed by atoms with Crippen molar-refractivity contribution in [1.82, 2.24) is 9.66 Å². The number of benzene rings is 2. The Labute approximate surface area is 154 Å². The molecule has 0 bridgehead atoms. The molecule has 2 N–H and O–H groups in total. The van der Waals surface area contributed by atoms with E-state index in [2.05, 4.69) is 10.4 Å². The second-order valence-corrected chi connectivity index (χ2v) is 6.03. The Kier molecular flexibility index (Phi) is 4.73. The number of nitrogens with one attached hydrogen (secondary N) is 1. The number of nitriles is 1. The third-order valence-corrected chi connectivity index (χ3v) is 3.95. The van der Waals surface area contributed by atoms with Gasteiger partial charge in [-0.25, -0.2) is 9.66 Å². The van der Waals surface area contributed by atoms with Crippen LogP contribution in [0.4, 0.5) is 0 Å². The third kappa shape index (κ3) is 3.70. The van der Waals surface area contributed by atoms with Crippen molar-refractivity contribution in [1.29, 1.82) is 5.26 Å². The van der Waals surface area contributed by atoms with Gasteiger partial charge in [0, 0.05) is 0 Å². The lowest BCUT2D eigenvalue weighted by Crippen LogP contribution is -2.36. The van der Waals surface area contributed by atoms with Gasteiger partial charge in [-0.15, -0.1) is 0 Å². The van der Waals surface area contributed by atoms with E-state index in [0.29, 0.717) is 22.3 Å². The molecule has 0 aliphatic carbocycles. The van der Waals surface area contributed by atoms with Crippen LogP contribution in [0.1, 0.15) is 17.0 Å². The second kappa shape index (κ2) is 7.14. The standard InChI is InChI=1S/C20H16N4O3/c1-12-6-7-18-17(8-12)20(27)24(13(2)22-18)23-19(26)15(11-21)9-14-4-3-5-16(25)10-14/h3-10,25H,1-2H3,(H,23,26)/b15-9+. The molecule has 134 valence electrons. The number of rotatable bonds is 3. The minimum atomic E-state index is -0.750. The maximum absolute atomic E-state index is 12.7. The average molecular weight is 360 g/mol. The first-order valence-corrected chi connectivity index (χ1v) is 8.11. The predicted octanol–water partition coefficient (Wildman–Crippen LogP) is 2.40. The van der Waals surface area contributed by atoms with Crippen LogP contribution in [0, 0.1) is 25.2 Å². The molecule has 0 aliphatic rings. The van der Waals surface area contributed by atoms with E-state index in [1.54, 1.807) is 37.3 Å². The van der Waals surface area contributed by atoms with Crippen LogP contribution in [0.3, 0.4) is 0 Å². The van der Waals surface area contributed by atoms with E-state index < -0.39 is 11.5 Å². The van der Waals surface area contributed by atoms with E-state index >= 15 is 0 Å². The molecule has 7 nitrogen and oxygen atoms in total. The van der Waals surface area contributed by atoms with Crippen molar-refractivity contribution in [2.24, 2.45) is 0 Å². The summed E-state index contributed by atoms with van der Waals surface area (Å²) in [4.78, 5) is 29.5. The predicted molar refractivity (Wildman–Crippen MR) is 102 cm³/mol. The number of hydrogen-bond donors (Lipinski definition) is 2. The Morgan fingerprint density at radius 3 is 2.74 bits per heavy atom. The number of aryl methyl sites for hydroxylation is 2. The van der Waals surface area contributed by atoms with Gasteiger partial charge in [-0.1, -0.05) is 23.8 Å². The number of fused-ring (bicyclic) bond motifs is 1. The fourth-order valence-corrected chi connectivity index (χ4v) is 2.63. The SMILES string of the molecule is Cc1ccc2nc(C)n(NC(=O)/C(C#N)=C/c3cccc(O)c3)c(=O)c2c1. The van der Waals surface area contributed by atoms with Gasteiger partial charge in [0.05, 0.1) is 10.9 Å². The second-order valence-electron chi connectivity index (χ2n) is 6.03. The van der Waals surface area contributed by atoms with Crippen molar-refractivity contribution in [2.75, 3.05) is 5.43 Å². The molecule has 0 saturated carbocycles. The first-order valence-electron chi connectivity index (χ1n) is 8.11. The number of phenols is 1. The van der Waals surface area contributed by atoms with E-state index in [4.69, 9.17) is 0 Å². The fourth-order valence-electron chi connectivity index (χ4n) is 2.63. The lowest BCUT2D eigenvalue weighted by molar-refractivity contribution is -0.113. The van der Waals surface area contributed by atoms with Gasteiger partial charge in [-0.05, 0) is 49.8 Å². The molecular formula is C20H16N4O3. The lowest BCUT2D eigenvalue weighted by atomic mass is 10.1. The molecule has 3 aromatic rings. The fraction of sp³-hybridized carbons (Fsp3) is 0.100. The van der Waals surface area contributed by atoms with E-state index in [9.17, 15) is 20.0 Å². The zero-order chi connectivity index (χ0) is 19.6. The summed E-state index contributed by atoms with van der Waals surface area (Å²) in [7, 11) is 0. The topological polar surface area (TPSA) is 108 Å². The van der Waals surface area contributed by atoms with Crippen LogP contribution in [0.25, 0.3) is 17.0 Å². The molecular weight excluding hydrogens is 344 g/mol. The third-order valence-electron chi connectivity index (χ3n) is 3.95. The number of aromatic hydroxyl groups is 1. The maximum atomic E-state index is 12.7. The summed E-state index contributed by atoms with van der Waals surface area (Å²) in [5, 5.41) is 19.2. The van der Waals surface area contributed by atoms with Crippen LogP contribution in [-0.2, 0) is 4.79 Å². The van der Waals surface area contributed by atoms with Crippen molar-refractivity contribution in [2.45, 2.75) is 13.8 Å². The highest BCUT2D eigenvalue weighted by atomic mass is 16.3. The summed E-state index contributed by atoms with van der Waals surface area (Å²) in [5.41, 5.74) is 3.70. The Morgan fingerprint density at radius 1 is 1.26 bits per heavy atom. The van der Waals surface area contributed by atoms with E-state index in [1.165, 1.54) is 18.2 Å². The highest BCUT2D eigenvalue weighted by Crippen LogP contribution is 2.14. The summed E-state index contributed by atoms with van der Waals surface area (Å²) in [5.74, 6) is -0.443. The van der Waals surface area contributed by atoms with Crippen LogP contribution in [0.5, 0.6) is 5.75 Å². The van der Waals surface area contributed by atoms with Gasteiger partial charge >= 0.3 is 0 Å². The Bertz CT molecular complexity index is 1190. The van der Waals surface area contributed by atoms with Gasteiger partial charge in [0.25, 0.3) is 11.5 Å². The van der Waals surface area contributed by atoms with Crippen molar-refractivity contribution < 1.29 is 9.90 Å². The quantitative estimate of drug-likeness (QED) is 0.551. The number of carbonyl (C=O) groups excluding carboxylic acids is 1. The van der Waals surface area contributed by atoms with Crippen LogP contribution in [-0.4, -0.2) is 20.7 Å². The zero-order valence-corrected chi connectivity index (χ0v) is 14.7. The van der Waals surface area contributed by atoms with Gasteiger partial charge in [0.2, 0.25) is 0 Å². The molecule has 0 spiro atoms. The van der Waals surface area contributed by atoms with Crippen molar-refractivity contribution in [3.8, 4) is 11.8 Å². The van der Waals surface area contributed by atoms with E-state index in [0.717, 1.165) is 10.2 Å². The number of carbonyl (C=O) groups is 1. The molecule has 0 saturated heterocycles. The maximum Gasteiger partial charge on any atom is 0.280 e. The van der Waals surface area contributed by atoms with Crippen LogP contribution in [0.2, 0.25) is 0 Å². The van der Waals surface area contributed by atoms with Gasteiger partial charge in [0.1, 0.15) is 23.2 Å². The molecule has 7 heteroatoms. The molecule has 0 unspecified atom stereocenters. The van der Waals surface area contributed by atoms with Gasteiger partial charge in [0.15, 0.2) is 0 Å². The minimum Gasteiger partial charge on any atom is -0.508 e. The molecule has 1 heterocycles. The smallest absolute Gasteiger partial charge is 0.280 e. The van der Waals surface area contributed by atoms with Gasteiger partial charge in [-0.3, -0.25) is 15.0 Å². The number of hydrogen-bond acceptors (Lipinski definition) is 5. The van der Waals surface area contributed by atoms with Crippen molar-refractivity contribution >= 4 is 22.9 Å². The van der Waals surface area contributed by atoms with Crippen LogP contribution < -0.4 is 11.0 Å². The highest BCUT2D eigenvalue weighted by Gasteiger charge is 2.14. The molecule has 1 aromatic heterocycles. The minimum absolute atomic E-state index is 0.0163. The molecule has 0 aliphatic heterocycles. The summed E-state index contributed by atoms with van der Waals surface area (Å²) in [6.07, 6.45) is 1.33. The van der Waals surface area contributed by atoms with Crippen LogP contribution in [0.15, 0.2) is 52.8 Å². The summed E-state index contributed by atoms with van der Waals surface area (Å²) in [6, 6.07) is 13.2. The molecule has 2 aromatic carbocycles. The summed E-state index contributed by atoms with van der Waals surface area (Å²) >= 11 is 0. The number of phenolic OH excluding ortho intramolecular Hbond substituents is 1. The van der Waals surface area contributed by atoms with Crippen molar-refractivity contribution in [3.05, 3.63) is 75.3 Å². The molecule has 0 radical (unpaired) electrons. The Hall–Kier alpha value is -3.92. The largest absolute Gasteiger partial charge is 0.508 e. The molecule has 0 fully saturated rings. The Morgan fingerprint density at radius 2 is 2.04 bits per heavy atom. The summed E-state index contributed by atoms with van der Waals surface area (Å²) < 4.78 is 1.03. The van der Waals surface area contributed by atoms with E-state index in [1.807, 2.05) is 13.0 Å². The molecule has 27 heavy (non-hydrogen) atoms. The molecule has 1 amide bonds. The number of amides is 1. The van der Waals surface area contributed by atoms with Gasteiger partial charge < -0.3 is 5.11 Å². The molecule has 0 atom stereocenters. The summed E-state index contributed by atoms with van der Waals surface area (Å²) in [6.45, 7) is 3.44. The first kappa shape index (κ1) is 17.9. The van der Waals surface area contributed by atoms with Crippen LogP contribution >= 0.6 is 0 Å². The highest BCUT2D eigenvalue weighted by molar-refractivity contribution is 6.06. The zero-order valence-electron chi connectivity index (χ0n) is 14.7. The number of nitrogens with zero attached hydrogens (tertiary/aromatic N) is 3. The van der Waals surface area contributed by atoms with Crippen molar-refractivity contribution in [3.63, 3.8) is 0 Å². The van der Waals surface area contributed by atoms with Gasteiger partial charge in [-0.2, -0.15) is 5.26 Å². The number of aromatic nitrogens is 2.